The zero-order chi connectivity index (χ0) is 11.3. The maximum Gasteiger partial charge on any atom is 0.178 e. The van der Waals surface area contributed by atoms with Gasteiger partial charge in [0.05, 0.1) is 10.6 Å². The smallest absolute Gasteiger partial charge is 0.178 e. The van der Waals surface area contributed by atoms with Gasteiger partial charge in [-0.05, 0) is 43.7 Å². The molecule has 0 fully saturated rings. The Morgan fingerprint density at radius 3 is 2.27 bits per heavy atom. The Kier molecular flexibility index (Phi) is 4.11. The van der Waals surface area contributed by atoms with E-state index in [1.54, 1.807) is 0 Å². The van der Waals surface area contributed by atoms with Crippen molar-refractivity contribution < 1.29 is 13.5 Å². The summed E-state index contributed by atoms with van der Waals surface area (Å²) in [5, 5.41) is 9.03. The van der Waals surface area contributed by atoms with E-state index in [1.165, 1.54) is 24.3 Å². The second-order valence-corrected chi connectivity index (χ2v) is 5.42. The van der Waals surface area contributed by atoms with Crippen LogP contribution in [-0.4, -0.2) is 25.8 Å². The van der Waals surface area contributed by atoms with Crippen molar-refractivity contribution in [3.63, 3.8) is 0 Å². The van der Waals surface area contributed by atoms with Gasteiger partial charge in [-0.3, -0.25) is 0 Å². The maximum atomic E-state index is 11.7. The summed E-state index contributed by atoms with van der Waals surface area (Å²) >= 11 is 0. The molecule has 0 aliphatic carbocycles. The van der Waals surface area contributed by atoms with Crippen LogP contribution in [0.5, 0.6) is 5.75 Å². The average molecular weight is 229 g/mol. The monoisotopic (exact) mass is 229 g/mol. The number of rotatable bonds is 5. The first-order valence-corrected chi connectivity index (χ1v) is 6.43. The molecule has 4 nitrogen and oxygen atoms in total. The summed E-state index contributed by atoms with van der Waals surface area (Å²) in [5.74, 6) is 0.172. The Morgan fingerprint density at radius 2 is 1.73 bits per heavy atom. The van der Waals surface area contributed by atoms with Crippen LogP contribution in [0.25, 0.3) is 0 Å². The largest absolute Gasteiger partial charge is 0.508 e. The van der Waals surface area contributed by atoms with Crippen LogP contribution in [0.2, 0.25) is 0 Å². The lowest BCUT2D eigenvalue weighted by Gasteiger charge is -2.03. The van der Waals surface area contributed by atoms with Crippen molar-refractivity contribution in [2.75, 3.05) is 12.3 Å². The number of benzene rings is 1. The Hall–Kier alpha value is -1.07. The van der Waals surface area contributed by atoms with Crippen molar-refractivity contribution in [3.05, 3.63) is 24.3 Å². The Labute approximate surface area is 89.7 Å². The zero-order valence-corrected chi connectivity index (χ0v) is 9.20. The van der Waals surface area contributed by atoms with Crippen LogP contribution >= 0.6 is 0 Å². The van der Waals surface area contributed by atoms with Gasteiger partial charge in [-0.15, -0.1) is 0 Å². The van der Waals surface area contributed by atoms with Crippen LogP contribution in [0.1, 0.15) is 12.8 Å². The van der Waals surface area contributed by atoms with Gasteiger partial charge in [0.1, 0.15) is 5.75 Å². The van der Waals surface area contributed by atoms with Gasteiger partial charge in [0.25, 0.3) is 0 Å². The van der Waals surface area contributed by atoms with Crippen molar-refractivity contribution in [1.82, 2.24) is 0 Å². The highest BCUT2D eigenvalue weighted by atomic mass is 32.2. The van der Waals surface area contributed by atoms with Crippen LogP contribution in [0.3, 0.4) is 0 Å². The van der Waals surface area contributed by atoms with E-state index in [0.29, 0.717) is 19.4 Å². The lowest BCUT2D eigenvalue weighted by Crippen LogP contribution is -2.08. The number of unbranched alkanes of at least 4 members (excludes halogenated alkanes) is 1. The van der Waals surface area contributed by atoms with Gasteiger partial charge in [-0.25, -0.2) is 8.42 Å². The van der Waals surface area contributed by atoms with Crippen LogP contribution in [-0.2, 0) is 9.84 Å². The van der Waals surface area contributed by atoms with Crippen LogP contribution < -0.4 is 5.73 Å². The van der Waals surface area contributed by atoms with E-state index >= 15 is 0 Å². The van der Waals surface area contributed by atoms with Gasteiger partial charge in [0.15, 0.2) is 9.84 Å². The second-order valence-electron chi connectivity index (χ2n) is 3.31. The zero-order valence-electron chi connectivity index (χ0n) is 8.39. The molecule has 84 valence electrons. The van der Waals surface area contributed by atoms with E-state index in [4.69, 9.17) is 10.8 Å². The minimum atomic E-state index is -3.22. The van der Waals surface area contributed by atoms with Gasteiger partial charge in [0, 0.05) is 0 Å². The standard InChI is InChI=1S/C10H15NO3S/c11-7-1-2-8-15(13,14)10-5-3-9(12)4-6-10/h3-6,12H,1-2,7-8,11H2. The van der Waals surface area contributed by atoms with Gasteiger partial charge < -0.3 is 10.8 Å². The fraction of sp³-hybridized carbons (Fsp3) is 0.400. The topological polar surface area (TPSA) is 80.4 Å². The predicted molar refractivity (Wildman–Crippen MR) is 58.4 cm³/mol. The fourth-order valence-electron chi connectivity index (χ4n) is 1.21. The number of hydrogen-bond acceptors (Lipinski definition) is 4. The molecule has 0 bridgehead atoms. The normalized spacial score (nSPS) is 11.5. The molecule has 5 heteroatoms. The number of hydrogen-bond donors (Lipinski definition) is 2. The Morgan fingerprint density at radius 1 is 1.13 bits per heavy atom. The van der Waals surface area contributed by atoms with Gasteiger partial charge in [-0.1, -0.05) is 0 Å². The van der Waals surface area contributed by atoms with E-state index in [1.807, 2.05) is 0 Å². The number of nitrogens with two attached hydrogens (primary N) is 1. The molecule has 0 saturated carbocycles. The third kappa shape index (κ3) is 3.53. The highest BCUT2D eigenvalue weighted by Crippen LogP contribution is 2.16. The molecule has 0 atom stereocenters. The summed E-state index contributed by atoms with van der Waals surface area (Å²) in [5.41, 5.74) is 5.29. The third-order valence-corrected chi connectivity index (χ3v) is 3.88. The van der Waals surface area contributed by atoms with Crippen molar-refractivity contribution in [3.8, 4) is 5.75 Å². The summed E-state index contributed by atoms with van der Waals surface area (Å²) in [6, 6.07) is 5.56. The van der Waals surface area contributed by atoms with Crippen molar-refractivity contribution in [1.29, 1.82) is 0 Å². The maximum absolute atomic E-state index is 11.7. The van der Waals surface area contributed by atoms with Crippen molar-refractivity contribution in [2.24, 2.45) is 5.73 Å². The number of phenols is 1. The molecule has 1 aromatic rings. The number of aromatic hydroxyl groups is 1. The van der Waals surface area contributed by atoms with E-state index < -0.39 is 9.84 Å². The molecule has 0 saturated heterocycles. The van der Waals surface area contributed by atoms with Gasteiger partial charge in [-0.2, -0.15) is 0 Å². The lowest BCUT2D eigenvalue weighted by atomic mass is 10.3. The summed E-state index contributed by atoms with van der Waals surface area (Å²) in [7, 11) is -3.22. The minimum absolute atomic E-state index is 0.0657. The van der Waals surface area contributed by atoms with E-state index in [9.17, 15) is 8.42 Å². The minimum Gasteiger partial charge on any atom is -0.508 e. The molecule has 0 aliphatic rings. The molecule has 0 aromatic heterocycles. The molecule has 1 rings (SSSR count). The number of phenolic OH excluding ortho intramolecular Hbond substituents is 1. The quantitative estimate of drug-likeness (QED) is 0.735. The van der Waals surface area contributed by atoms with Crippen LogP contribution in [0, 0.1) is 0 Å². The molecular formula is C10H15NO3S. The van der Waals surface area contributed by atoms with Crippen LogP contribution in [0.15, 0.2) is 29.2 Å². The molecule has 0 aliphatic heterocycles. The van der Waals surface area contributed by atoms with E-state index in [0.717, 1.165) is 0 Å². The molecule has 3 N–H and O–H groups in total. The summed E-state index contributed by atoms with van der Waals surface area (Å²) in [6.45, 7) is 0.505. The van der Waals surface area contributed by atoms with Gasteiger partial charge in [0.2, 0.25) is 0 Å². The highest BCUT2D eigenvalue weighted by molar-refractivity contribution is 7.91. The first kappa shape index (κ1) is 12.0. The molecular weight excluding hydrogens is 214 g/mol. The SMILES string of the molecule is NCCCCS(=O)(=O)c1ccc(O)cc1. The summed E-state index contributed by atoms with van der Waals surface area (Å²) in [6.07, 6.45) is 1.27. The predicted octanol–water partition coefficient (Wildman–Crippen LogP) is 0.905. The molecule has 0 amide bonds. The first-order chi connectivity index (χ1) is 7.06. The third-order valence-electron chi connectivity index (χ3n) is 2.06. The summed E-state index contributed by atoms with van der Waals surface area (Å²) in [4.78, 5) is 0.248. The highest BCUT2D eigenvalue weighted by Gasteiger charge is 2.13. The van der Waals surface area contributed by atoms with E-state index in [-0.39, 0.29) is 16.4 Å². The van der Waals surface area contributed by atoms with Crippen molar-refractivity contribution in [2.45, 2.75) is 17.7 Å². The van der Waals surface area contributed by atoms with Crippen LogP contribution in [0.4, 0.5) is 0 Å². The lowest BCUT2D eigenvalue weighted by molar-refractivity contribution is 0.475. The molecule has 0 unspecified atom stereocenters. The fourth-order valence-corrected chi connectivity index (χ4v) is 2.58. The first-order valence-electron chi connectivity index (χ1n) is 4.78. The Bertz CT molecular complexity index is 397. The molecule has 1 aromatic carbocycles. The molecule has 0 radical (unpaired) electrons. The average Bonchev–Trinajstić information content (AvgIpc) is 2.18. The number of sulfone groups is 1. The Balaban J connectivity index is 2.73. The van der Waals surface area contributed by atoms with Gasteiger partial charge >= 0.3 is 0 Å². The summed E-state index contributed by atoms with van der Waals surface area (Å²) < 4.78 is 23.4. The molecule has 15 heavy (non-hydrogen) atoms. The van der Waals surface area contributed by atoms with E-state index in [2.05, 4.69) is 0 Å². The molecule has 0 heterocycles. The second kappa shape index (κ2) is 5.14. The molecule has 0 spiro atoms. The van der Waals surface area contributed by atoms with Crippen molar-refractivity contribution >= 4 is 9.84 Å².